The van der Waals surface area contributed by atoms with Crippen molar-refractivity contribution < 1.29 is 27.8 Å². The van der Waals surface area contributed by atoms with Crippen LogP contribution in [0.2, 0.25) is 0 Å². The molecule has 1 aliphatic heterocycles. The number of rotatable bonds is 8. The van der Waals surface area contributed by atoms with Crippen LogP contribution in [0.1, 0.15) is 121 Å². The second kappa shape index (κ2) is 12.1. The van der Waals surface area contributed by atoms with E-state index < -0.39 is 49.5 Å². The number of sulfonamides is 1. The van der Waals surface area contributed by atoms with Gasteiger partial charge in [0.05, 0.1) is 37.9 Å². The molecule has 51 heavy (non-hydrogen) atoms. The van der Waals surface area contributed by atoms with Crippen LogP contribution in [0.5, 0.6) is 0 Å². The first kappa shape index (κ1) is 38.9. The summed E-state index contributed by atoms with van der Waals surface area (Å²) in [7, 11) is -4.12. The molecular formula is C39H65N5O6S. The highest BCUT2D eigenvalue weighted by atomic mass is 32.2. The number of carboxylic acid groups (broad SMARTS) is 1. The van der Waals surface area contributed by atoms with E-state index in [-0.39, 0.29) is 52.1 Å². The molecule has 2 heterocycles. The minimum atomic E-state index is -4.12. The Morgan fingerprint density at radius 2 is 1.76 bits per heavy atom. The molecule has 1 saturated heterocycles. The van der Waals surface area contributed by atoms with E-state index in [1.165, 1.54) is 11.9 Å². The summed E-state index contributed by atoms with van der Waals surface area (Å²) in [6.45, 7) is 25.5. The van der Waals surface area contributed by atoms with Crippen LogP contribution >= 0.6 is 0 Å². The fraction of sp³-hybridized carbons (Fsp3) is 0.872. The van der Waals surface area contributed by atoms with Crippen molar-refractivity contribution >= 4 is 16.0 Å². The lowest BCUT2D eigenvalue weighted by atomic mass is 9.34. The number of carbonyl (C=O) groups is 1. The van der Waals surface area contributed by atoms with Crippen LogP contribution < -0.4 is 10.9 Å². The molecule has 0 spiro atoms. The van der Waals surface area contributed by atoms with Gasteiger partial charge in [-0.1, -0.05) is 80.9 Å². The molecule has 12 heteroatoms. The van der Waals surface area contributed by atoms with E-state index >= 15 is 0 Å². The maximum Gasteiger partial charge on any atom is 0.307 e. The van der Waals surface area contributed by atoms with Crippen LogP contribution in [0.4, 0.5) is 0 Å². The molecular weight excluding hydrogens is 667 g/mol. The maximum atomic E-state index is 13.5. The number of aromatic nitrogens is 3. The van der Waals surface area contributed by atoms with Gasteiger partial charge < -0.3 is 20.3 Å². The summed E-state index contributed by atoms with van der Waals surface area (Å²) in [5, 5.41) is 20.7. The zero-order chi connectivity index (χ0) is 38.0. The number of hydrogen-bond acceptors (Lipinski definition) is 8. The van der Waals surface area contributed by atoms with Crippen molar-refractivity contribution in [3.8, 4) is 0 Å². The Hall–Kier alpha value is -1.86. The number of nitrogens with two attached hydrogens (primary N) is 2. The van der Waals surface area contributed by atoms with Crippen LogP contribution in [-0.4, -0.2) is 65.7 Å². The van der Waals surface area contributed by atoms with Gasteiger partial charge in [-0.3, -0.25) is 4.79 Å². The molecule has 5 aliphatic rings. The van der Waals surface area contributed by atoms with E-state index in [1.54, 1.807) is 4.68 Å². The van der Waals surface area contributed by atoms with Crippen molar-refractivity contribution in [1.82, 2.24) is 14.8 Å². The lowest BCUT2D eigenvalue weighted by Crippen LogP contribution is -2.70. The lowest BCUT2D eigenvalue weighted by Gasteiger charge is -2.71. The molecule has 2 bridgehead atoms. The molecule has 1 aromatic rings. The van der Waals surface area contributed by atoms with Gasteiger partial charge in [0.25, 0.3) is 15.2 Å². The topological polar surface area (TPSA) is 173 Å². The highest BCUT2D eigenvalue weighted by Crippen LogP contribution is 2.75. The number of ether oxygens (including phenoxy) is 2. The first-order chi connectivity index (χ1) is 23.3. The normalized spacial score (nSPS) is 42.9. The van der Waals surface area contributed by atoms with Gasteiger partial charge in [0.15, 0.2) is 0 Å². The largest absolute Gasteiger partial charge is 0.481 e. The summed E-state index contributed by atoms with van der Waals surface area (Å²) < 4.78 is 40.3. The van der Waals surface area contributed by atoms with Gasteiger partial charge in [-0.2, -0.15) is 0 Å². The van der Waals surface area contributed by atoms with E-state index in [0.717, 1.165) is 25.7 Å². The Kier molecular flexibility index (Phi) is 9.20. The molecule has 0 unspecified atom stereocenters. The van der Waals surface area contributed by atoms with Gasteiger partial charge in [0.1, 0.15) is 6.33 Å². The molecule has 288 valence electrons. The second-order valence-corrected chi connectivity index (χ2v) is 21.6. The van der Waals surface area contributed by atoms with Crippen molar-refractivity contribution in [2.75, 3.05) is 19.8 Å². The predicted molar refractivity (Wildman–Crippen MR) is 196 cm³/mol. The smallest absolute Gasteiger partial charge is 0.307 e. The number of fused-ring (bicyclic) bond motifs is 3. The molecule has 5 N–H and O–H groups in total. The predicted octanol–water partition coefficient (Wildman–Crippen LogP) is 6.20. The van der Waals surface area contributed by atoms with Gasteiger partial charge in [-0.05, 0) is 96.2 Å². The third kappa shape index (κ3) is 5.53. The van der Waals surface area contributed by atoms with E-state index in [1.807, 2.05) is 6.92 Å². The fourth-order valence-electron chi connectivity index (χ4n) is 12.1. The van der Waals surface area contributed by atoms with E-state index in [2.05, 4.69) is 85.4 Å². The van der Waals surface area contributed by atoms with E-state index in [4.69, 9.17) is 20.3 Å². The monoisotopic (exact) mass is 731 g/mol. The number of primary sulfonamides is 1. The molecule has 4 fully saturated rings. The molecule has 0 amide bonds. The highest BCUT2D eigenvalue weighted by molar-refractivity contribution is 7.89. The minimum Gasteiger partial charge on any atom is -0.481 e. The van der Waals surface area contributed by atoms with Crippen molar-refractivity contribution in [2.24, 2.45) is 73.0 Å². The van der Waals surface area contributed by atoms with Gasteiger partial charge in [0, 0.05) is 11.0 Å². The van der Waals surface area contributed by atoms with Crippen LogP contribution in [0.15, 0.2) is 23.1 Å². The zero-order valence-electron chi connectivity index (χ0n) is 33.0. The SMILES string of the molecule is CC(C)[C@@H](C)[C@@]1(C)CC[C@]2(C)[C@H]3CC[C@@H]4[C@@]5(C)COC[C@@]4(C3=CC[C@@]2(C)[C@@H]1C(=O)O)[C@@H](OC[C@](C)(N)C(C)(C)C)[C@H](n1cnc(S(N)(=O)=O)n1)C5. The minimum absolute atomic E-state index is 0.131. The molecule has 1 aromatic heterocycles. The van der Waals surface area contributed by atoms with E-state index in [0.29, 0.717) is 32.0 Å². The van der Waals surface area contributed by atoms with Crippen LogP contribution in [0, 0.1) is 62.1 Å². The standard InChI is InChI=1S/C39H65N5O6S/c1-23(2)24(3)35(8)16-17-36(9)25-12-13-28-34(7)18-27(44-22-42-32(43-44)51(41,47)48)30(50-20-38(11,40)33(4,5)6)39(28,21-49-19-34)26(25)14-15-37(36,10)29(35)31(45)46/h14,22-25,27-30H,12-13,15-21,40H2,1-11H3,(H,45,46)(H2,41,47,48)/t24-,25+,27-,28-,29-,30+,34-,35-,36-,37+,38+,39+/m1/s1. The molecule has 11 nitrogen and oxygen atoms in total. The van der Waals surface area contributed by atoms with Crippen LogP contribution in [0.25, 0.3) is 0 Å². The number of carboxylic acids is 1. The van der Waals surface area contributed by atoms with Gasteiger partial charge in [0.2, 0.25) is 0 Å². The summed E-state index contributed by atoms with van der Waals surface area (Å²) >= 11 is 0. The molecule has 12 atom stereocenters. The number of hydrogen-bond donors (Lipinski definition) is 3. The second-order valence-electron chi connectivity index (χ2n) is 20.1. The van der Waals surface area contributed by atoms with Crippen LogP contribution in [0.3, 0.4) is 0 Å². The van der Waals surface area contributed by atoms with Crippen molar-refractivity contribution in [3.05, 3.63) is 18.0 Å². The van der Waals surface area contributed by atoms with Crippen molar-refractivity contribution in [3.63, 3.8) is 0 Å². The summed E-state index contributed by atoms with van der Waals surface area (Å²) in [6.07, 6.45) is 8.50. The summed E-state index contributed by atoms with van der Waals surface area (Å²) in [5.74, 6) is -0.189. The Labute approximate surface area is 306 Å². The lowest BCUT2D eigenvalue weighted by molar-refractivity contribution is -0.255. The Morgan fingerprint density at radius 3 is 2.33 bits per heavy atom. The Morgan fingerprint density at radius 1 is 1.10 bits per heavy atom. The molecule has 6 rings (SSSR count). The molecule has 0 aromatic carbocycles. The average Bonchev–Trinajstić information content (AvgIpc) is 3.51. The van der Waals surface area contributed by atoms with Crippen molar-refractivity contribution in [2.45, 2.75) is 138 Å². The van der Waals surface area contributed by atoms with Gasteiger partial charge in [-0.15, -0.1) is 5.10 Å². The third-order valence-electron chi connectivity index (χ3n) is 16.4. The van der Waals surface area contributed by atoms with Crippen molar-refractivity contribution in [1.29, 1.82) is 0 Å². The summed E-state index contributed by atoms with van der Waals surface area (Å²) in [6, 6.07) is -0.358. The number of nitrogens with zero attached hydrogens (tertiary/aromatic N) is 3. The molecule has 4 aliphatic carbocycles. The summed E-state index contributed by atoms with van der Waals surface area (Å²) in [5.41, 5.74) is 5.49. The quantitative estimate of drug-likeness (QED) is 0.263. The van der Waals surface area contributed by atoms with Crippen LogP contribution in [-0.2, 0) is 24.3 Å². The molecule has 3 saturated carbocycles. The Balaban J connectivity index is 1.53. The fourth-order valence-corrected chi connectivity index (χ4v) is 12.5. The number of aliphatic carboxylic acids is 1. The maximum absolute atomic E-state index is 13.5. The third-order valence-corrected chi connectivity index (χ3v) is 17.1. The highest BCUT2D eigenvalue weighted by Gasteiger charge is 2.72. The Bertz CT molecular complexity index is 1680. The average molecular weight is 732 g/mol. The number of allylic oxidation sites excluding steroid dienone is 1. The summed E-state index contributed by atoms with van der Waals surface area (Å²) in [4.78, 5) is 17.7. The van der Waals surface area contributed by atoms with Gasteiger partial charge in [-0.25, -0.2) is 23.2 Å². The van der Waals surface area contributed by atoms with Gasteiger partial charge >= 0.3 is 5.97 Å². The first-order valence-corrected chi connectivity index (χ1v) is 20.7. The molecule has 0 radical (unpaired) electrons. The first-order valence-electron chi connectivity index (χ1n) is 19.2. The zero-order valence-corrected chi connectivity index (χ0v) is 33.8. The van der Waals surface area contributed by atoms with E-state index in [9.17, 15) is 18.3 Å².